The second kappa shape index (κ2) is 12.3. The summed E-state index contributed by atoms with van der Waals surface area (Å²) in [5.74, 6) is 1.68. The Hall–Kier alpha value is -2.77. The molecular formula is C24H36N2O6. The summed E-state index contributed by atoms with van der Waals surface area (Å²) in [5, 5.41) is 0. The first kappa shape index (κ1) is 25.5. The maximum absolute atomic E-state index is 11.6. The minimum absolute atomic E-state index is 0.139. The number of hydrogen-bond acceptors (Lipinski definition) is 6. The lowest BCUT2D eigenvalue weighted by Crippen LogP contribution is -2.26. The first-order valence-corrected chi connectivity index (χ1v) is 11.3. The van der Waals surface area contributed by atoms with Gasteiger partial charge in [-0.15, -0.1) is 0 Å². The molecule has 0 saturated heterocycles. The van der Waals surface area contributed by atoms with E-state index in [0.717, 1.165) is 49.2 Å². The van der Waals surface area contributed by atoms with Crippen LogP contribution in [0.25, 0.3) is 0 Å². The van der Waals surface area contributed by atoms with Gasteiger partial charge in [0.2, 0.25) is 0 Å². The van der Waals surface area contributed by atoms with Crippen molar-refractivity contribution >= 4 is 17.9 Å². The minimum atomic E-state index is -0.651. The Morgan fingerprint density at radius 2 is 2.00 bits per heavy atom. The maximum Gasteiger partial charge on any atom is 0.435 e. The summed E-state index contributed by atoms with van der Waals surface area (Å²) in [7, 11) is 0. The molecule has 1 aromatic rings. The SMILES string of the molecule is CCOC(=O)CC1CCc2cc(OCCCCCC(N)=NC(=O)OC(C)(C)C)ccc2O1. The van der Waals surface area contributed by atoms with E-state index >= 15 is 0 Å². The molecule has 1 aromatic carbocycles. The van der Waals surface area contributed by atoms with E-state index in [2.05, 4.69) is 4.99 Å². The molecule has 1 unspecified atom stereocenters. The molecule has 1 aliphatic heterocycles. The summed E-state index contributed by atoms with van der Waals surface area (Å²) in [5.41, 5.74) is 6.31. The molecule has 0 aromatic heterocycles. The van der Waals surface area contributed by atoms with Crippen LogP contribution in [0.3, 0.4) is 0 Å². The van der Waals surface area contributed by atoms with Crippen LogP contribution in [-0.4, -0.2) is 42.8 Å². The summed E-state index contributed by atoms with van der Waals surface area (Å²) in [4.78, 5) is 27.0. The highest BCUT2D eigenvalue weighted by molar-refractivity contribution is 5.90. The van der Waals surface area contributed by atoms with E-state index in [-0.39, 0.29) is 24.3 Å². The summed E-state index contributed by atoms with van der Waals surface area (Å²) in [6.07, 6.45) is 4.25. The van der Waals surface area contributed by atoms with E-state index in [1.165, 1.54) is 0 Å². The molecule has 8 nitrogen and oxygen atoms in total. The van der Waals surface area contributed by atoms with E-state index in [4.69, 9.17) is 24.7 Å². The fourth-order valence-corrected chi connectivity index (χ4v) is 3.29. The van der Waals surface area contributed by atoms with Gasteiger partial charge in [-0.2, -0.15) is 4.99 Å². The number of carbonyl (C=O) groups is 2. The Balaban J connectivity index is 1.66. The predicted molar refractivity (Wildman–Crippen MR) is 122 cm³/mol. The van der Waals surface area contributed by atoms with Crippen molar-refractivity contribution in [1.29, 1.82) is 0 Å². The molecule has 0 fully saturated rings. The van der Waals surface area contributed by atoms with Crippen molar-refractivity contribution in [2.45, 2.75) is 84.3 Å². The fraction of sp³-hybridized carbons (Fsp3) is 0.625. The van der Waals surface area contributed by atoms with Gasteiger partial charge in [-0.1, -0.05) is 0 Å². The second-order valence-electron chi connectivity index (χ2n) is 8.80. The van der Waals surface area contributed by atoms with Crippen molar-refractivity contribution < 1.29 is 28.5 Å². The molecule has 1 amide bonds. The number of amidine groups is 1. The molecule has 32 heavy (non-hydrogen) atoms. The molecule has 2 N–H and O–H groups in total. The van der Waals surface area contributed by atoms with Crippen molar-refractivity contribution in [3.05, 3.63) is 23.8 Å². The third-order valence-electron chi connectivity index (χ3n) is 4.74. The molecule has 1 aliphatic rings. The number of esters is 1. The molecule has 0 bridgehead atoms. The Morgan fingerprint density at radius 3 is 2.72 bits per heavy atom. The molecule has 0 spiro atoms. The number of rotatable bonds is 10. The number of benzene rings is 1. The van der Waals surface area contributed by atoms with Gasteiger partial charge >= 0.3 is 12.1 Å². The highest BCUT2D eigenvalue weighted by Crippen LogP contribution is 2.32. The number of ether oxygens (including phenoxy) is 4. The normalized spacial score (nSPS) is 16.0. The van der Waals surface area contributed by atoms with Crippen molar-refractivity contribution in [1.82, 2.24) is 0 Å². The van der Waals surface area contributed by atoms with Crippen LogP contribution in [0.4, 0.5) is 4.79 Å². The van der Waals surface area contributed by atoms with Crippen molar-refractivity contribution in [3.8, 4) is 11.5 Å². The zero-order valence-corrected chi connectivity index (χ0v) is 19.6. The first-order chi connectivity index (χ1) is 15.2. The van der Waals surface area contributed by atoms with E-state index in [0.29, 0.717) is 19.6 Å². The van der Waals surface area contributed by atoms with Gasteiger partial charge in [-0.05, 0) is 83.6 Å². The van der Waals surface area contributed by atoms with Crippen LogP contribution >= 0.6 is 0 Å². The Morgan fingerprint density at radius 1 is 1.22 bits per heavy atom. The van der Waals surface area contributed by atoms with Crippen LogP contribution in [0, 0.1) is 0 Å². The molecule has 8 heteroatoms. The average molecular weight is 449 g/mol. The molecule has 0 aliphatic carbocycles. The predicted octanol–water partition coefficient (Wildman–Crippen LogP) is 4.56. The molecule has 178 valence electrons. The minimum Gasteiger partial charge on any atom is -0.494 e. The number of fused-ring (bicyclic) bond motifs is 1. The van der Waals surface area contributed by atoms with Gasteiger partial charge in [0.1, 0.15) is 29.0 Å². The molecule has 0 saturated carbocycles. The van der Waals surface area contributed by atoms with E-state index in [1.54, 1.807) is 27.7 Å². The fourth-order valence-electron chi connectivity index (χ4n) is 3.29. The van der Waals surface area contributed by atoms with Gasteiger partial charge < -0.3 is 24.7 Å². The third kappa shape index (κ3) is 9.58. The summed E-state index contributed by atoms with van der Waals surface area (Å²) < 4.78 is 21.9. The first-order valence-electron chi connectivity index (χ1n) is 11.3. The lowest BCUT2D eigenvalue weighted by atomic mass is 10.0. The smallest absolute Gasteiger partial charge is 0.435 e. The van der Waals surface area contributed by atoms with E-state index in [1.807, 2.05) is 18.2 Å². The van der Waals surface area contributed by atoms with Crippen LogP contribution in [0.15, 0.2) is 23.2 Å². The number of aliphatic imine (C=N–C) groups is 1. The van der Waals surface area contributed by atoms with Crippen molar-refractivity contribution in [2.75, 3.05) is 13.2 Å². The zero-order valence-electron chi connectivity index (χ0n) is 19.6. The highest BCUT2D eigenvalue weighted by atomic mass is 16.6. The van der Waals surface area contributed by atoms with Crippen molar-refractivity contribution in [2.24, 2.45) is 10.7 Å². The summed E-state index contributed by atoms with van der Waals surface area (Å²) >= 11 is 0. The zero-order chi connectivity index (χ0) is 23.6. The van der Waals surface area contributed by atoms with Crippen LogP contribution < -0.4 is 15.2 Å². The Bertz CT molecular complexity index is 800. The molecule has 1 heterocycles. The molecule has 0 radical (unpaired) electrons. The lowest BCUT2D eigenvalue weighted by molar-refractivity contribution is -0.145. The monoisotopic (exact) mass is 448 g/mol. The molecular weight excluding hydrogens is 412 g/mol. The Labute approximate surface area is 190 Å². The van der Waals surface area contributed by atoms with E-state index in [9.17, 15) is 9.59 Å². The van der Waals surface area contributed by atoms with Gasteiger partial charge in [-0.3, -0.25) is 4.79 Å². The summed E-state index contributed by atoms with van der Waals surface area (Å²) in [6.45, 7) is 8.14. The maximum atomic E-state index is 11.6. The number of hydrogen-bond donors (Lipinski definition) is 1. The van der Waals surface area contributed by atoms with Crippen LogP contribution in [0.5, 0.6) is 11.5 Å². The second-order valence-corrected chi connectivity index (χ2v) is 8.80. The van der Waals surface area contributed by atoms with E-state index < -0.39 is 11.7 Å². The number of nitrogens with zero attached hydrogens (tertiary/aromatic N) is 1. The number of aryl methyl sites for hydroxylation is 1. The van der Waals surface area contributed by atoms with Gasteiger partial charge in [0, 0.05) is 6.42 Å². The number of amides is 1. The quantitative estimate of drug-likeness (QED) is 0.242. The average Bonchev–Trinajstić information content (AvgIpc) is 2.69. The number of carbonyl (C=O) groups excluding carboxylic acids is 2. The standard InChI is InChI=1S/C24H36N2O6/c1-5-29-22(27)16-19-11-10-17-15-18(12-13-20(17)31-19)30-14-8-6-7-9-21(25)26-23(28)32-24(2,3)4/h12-13,15,19H,5-11,14,16H2,1-4H3,(H2,25,26,28). The van der Waals surface area contributed by atoms with Gasteiger partial charge in [-0.25, -0.2) is 4.79 Å². The lowest BCUT2D eigenvalue weighted by Gasteiger charge is -2.26. The van der Waals surface area contributed by atoms with Crippen LogP contribution in [0.1, 0.15) is 71.8 Å². The van der Waals surface area contributed by atoms with Crippen molar-refractivity contribution in [3.63, 3.8) is 0 Å². The molecule has 1 atom stereocenters. The van der Waals surface area contributed by atoms with Gasteiger partial charge in [0.25, 0.3) is 0 Å². The topological polar surface area (TPSA) is 109 Å². The van der Waals surface area contributed by atoms with Gasteiger partial charge in [0.05, 0.1) is 19.6 Å². The highest BCUT2D eigenvalue weighted by Gasteiger charge is 2.23. The number of nitrogens with two attached hydrogens (primary N) is 1. The van der Waals surface area contributed by atoms with Crippen LogP contribution in [0.2, 0.25) is 0 Å². The Kier molecular flexibility index (Phi) is 9.81. The summed E-state index contributed by atoms with van der Waals surface area (Å²) in [6, 6.07) is 5.79. The van der Waals surface area contributed by atoms with Gasteiger partial charge in [0.15, 0.2) is 0 Å². The largest absolute Gasteiger partial charge is 0.494 e. The third-order valence-corrected chi connectivity index (χ3v) is 4.74. The molecule has 2 rings (SSSR count). The van der Waals surface area contributed by atoms with Crippen LogP contribution in [-0.2, 0) is 20.7 Å². The number of unbranched alkanes of at least 4 members (excludes halogenated alkanes) is 2.